The number of aromatic nitrogens is 1. The first kappa shape index (κ1) is 13.1. The van der Waals surface area contributed by atoms with E-state index in [1.165, 1.54) is 40.5 Å². The van der Waals surface area contributed by atoms with Crippen LogP contribution in [0, 0.1) is 5.82 Å². The second-order valence-electron chi connectivity index (χ2n) is 4.53. The molecule has 1 aromatic carbocycles. The number of carbonyl (C=O) groups is 1. The van der Waals surface area contributed by atoms with Crippen molar-refractivity contribution in [2.24, 2.45) is 0 Å². The molecule has 6 heteroatoms. The lowest BCUT2D eigenvalue weighted by atomic mass is 10.3. The summed E-state index contributed by atoms with van der Waals surface area (Å²) in [5, 5.41) is 3.35. The van der Waals surface area contributed by atoms with E-state index in [2.05, 4.69) is 10.3 Å². The molecule has 0 saturated carbocycles. The van der Waals surface area contributed by atoms with Crippen molar-refractivity contribution in [1.82, 2.24) is 4.98 Å². The molecule has 0 aliphatic heterocycles. The summed E-state index contributed by atoms with van der Waals surface area (Å²) in [6, 6.07) is 5.55. The first-order chi connectivity index (χ1) is 9.70. The molecule has 0 bridgehead atoms. The number of aryl methyl sites for hydroxylation is 2. The Morgan fingerprint density at radius 1 is 1.35 bits per heavy atom. The average molecular weight is 292 g/mol. The third kappa shape index (κ3) is 2.96. The van der Waals surface area contributed by atoms with E-state index in [-0.39, 0.29) is 18.3 Å². The highest BCUT2D eigenvalue weighted by molar-refractivity contribution is 7.15. The van der Waals surface area contributed by atoms with Gasteiger partial charge in [-0.2, -0.15) is 0 Å². The van der Waals surface area contributed by atoms with Gasteiger partial charge in [-0.15, -0.1) is 11.3 Å². The van der Waals surface area contributed by atoms with Gasteiger partial charge in [0.05, 0.1) is 5.69 Å². The van der Waals surface area contributed by atoms with Gasteiger partial charge >= 0.3 is 0 Å². The molecule has 3 rings (SSSR count). The van der Waals surface area contributed by atoms with E-state index in [0.717, 1.165) is 25.0 Å². The number of rotatable bonds is 4. The van der Waals surface area contributed by atoms with Crippen LogP contribution in [0.15, 0.2) is 24.3 Å². The van der Waals surface area contributed by atoms with Gasteiger partial charge in [0.2, 0.25) is 0 Å². The van der Waals surface area contributed by atoms with Crippen LogP contribution in [-0.2, 0) is 17.6 Å². The Bertz CT molecular complexity index is 603. The molecule has 104 valence electrons. The van der Waals surface area contributed by atoms with Crippen LogP contribution in [0.3, 0.4) is 0 Å². The highest BCUT2D eigenvalue weighted by Crippen LogP contribution is 2.30. The Kier molecular flexibility index (Phi) is 3.64. The number of ether oxygens (including phenoxy) is 1. The van der Waals surface area contributed by atoms with Crippen molar-refractivity contribution >= 4 is 22.4 Å². The summed E-state index contributed by atoms with van der Waals surface area (Å²) in [6.07, 6.45) is 3.19. The number of nitrogens with one attached hydrogen (secondary N) is 1. The van der Waals surface area contributed by atoms with Gasteiger partial charge in [0.1, 0.15) is 11.6 Å². The lowest BCUT2D eigenvalue weighted by Crippen LogP contribution is -2.20. The minimum absolute atomic E-state index is 0.115. The van der Waals surface area contributed by atoms with Crippen LogP contribution in [0.1, 0.15) is 17.0 Å². The van der Waals surface area contributed by atoms with Crippen molar-refractivity contribution < 1.29 is 13.9 Å². The van der Waals surface area contributed by atoms with Crippen molar-refractivity contribution in [3.05, 3.63) is 40.7 Å². The molecule has 1 amide bonds. The zero-order valence-electron chi connectivity index (χ0n) is 10.7. The van der Waals surface area contributed by atoms with Gasteiger partial charge in [0.25, 0.3) is 5.91 Å². The molecule has 1 N–H and O–H groups in total. The lowest BCUT2D eigenvalue weighted by molar-refractivity contribution is -0.118. The van der Waals surface area contributed by atoms with Gasteiger partial charge in [-0.3, -0.25) is 10.1 Å². The molecule has 2 aromatic rings. The molecule has 0 unspecified atom stereocenters. The van der Waals surface area contributed by atoms with Gasteiger partial charge in [0, 0.05) is 4.88 Å². The maximum Gasteiger partial charge on any atom is 0.264 e. The Hall–Kier alpha value is -1.95. The Morgan fingerprint density at radius 2 is 2.15 bits per heavy atom. The second-order valence-corrected chi connectivity index (χ2v) is 5.62. The summed E-state index contributed by atoms with van der Waals surface area (Å²) >= 11 is 1.53. The standard InChI is InChI=1S/C14H13FN2O2S/c15-9-4-6-10(7-5-9)19-8-13(18)17-14-16-11-2-1-3-12(11)20-14/h4-7H,1-3,8H2,(H,16,17,18). The summed E-state index contributed by atoms with van der Waals surface area (Å²) in [5.74, 6) is -0.135. The van der Waals surface area contributed by atoms with E-state index < -0.39 is 0 Å². The normalized spacial score (nSPS) is 13.1. The first-order valence-corrected chi connectivity index (χ1v) is 7.19. The summed E-state index contributed by atoms with van der Waals surface area (Å²) < 4.78 is 18.0. The van der Waals surface area contributed by atoms with Gasteiger partial charge in [-0.1, -0.05) is 0 Å². The zero-order chi connectivity index (χ0) is 13.9. The molecule has 20 heavy (non-hydrogen) atoms. The minimum Gasteiger partial charge on any atom is -0.484 e. The zero-order valence-corrected chi connectivity index (χ0v) is 11.5. The summed E-state index contributed by atoms with van der Waals surface area (Å²) in [6.45, 7) is -0.115. The van der Waals surface area contributed by atoms with Gasteiger partial charge in [0.15, 0.2) is 11.7 Å². The summed E-state index contributed by atoms with van der Waals surface area (Å²) in [7, 11) is 0. The number of halogens is 1. The number of hydrogen-bond acceptors (Lipinski definition) is 4. The predicted octanol–water partition coefficient (Wildman–Crippen LogP) is 2.79. The minimum atomic E-state index is -0.334. The number of amides is 1. The Labute approximate surface area is 119 Å². The molecule has 0 fully saturated rings. The van der Waals surface area contributed by atoms with E-state index in [0.29, 0.717) is 10.9 Å². The average Bonchev–Trinajstić information content (AvgIpc) is 2.99. The van der Waals surface area contributed by atoms with Crippen LogP contribution < -0.4 is 10.1 Å². The van der Waals surface area contributed by atoms with E-state index in [1.54, 1.807) is 0 Å². The molecule has 1 aliphatic rings. The SMILES string of the molecule is O=C(COc1ccc(F)cc1)Nc1nc2c(s1)CCC2. The number of nitrogens with zero attached hydrogens (tertiary/aromatic N) is 1. The maximum absolute atomic E-state index is 12.7. The molecule has 1 aliphatic carbocycles. The molecule has 0 radical (unpaired) electrons. The van der Waals surface area contributed by atoms with Crippen molar-refractivity contribution in [1.29, 1.82) is 0 Å². The second kappa shape index (κ2) is 5.58. The maximum atomic E-state index is 12.7. The third-order valence-corrected chi connectivity index (χ3v) is 4.10. The molecule has 0 atom stereocenters. The van der Waals surface area contributed by atoms with Crippen molar-refractivity contribution in [3.63, 3.8) is 0 Å². The van der Waals surface area contributed by atoms with Crippen LogP contribution in [0.25, 0.3) is 0 Å². The molecule has 0 spiro atoms. The largest absolute Gasteiger partial charge is 0.484 e. The summed E-state index contributed by atoms with van der Waals surface area (Å²) in [5.41, 5.74) is 1.10. The quantitative estimate of drug-likeness (QED) is 0.942. The fourth-order valence-electron chi connectivity index (χ4n) is 2.08. The predicted molar refractivity (Wildman–Crippen MR) is 74.7 cm³/mol. The lowest BCUT2D eigenvalue weighted by Gasteiger charge is -2.05. The van der Waals surface area contributed by atoms with Crippen molar-refractivity contribution in [3.8, 4) is 5.75 Å². The highest BCUT2D eigenvalue weighted by Gasteiger charge is 2.17. The number of carbonyl (C=O) groups excluding carboxylic acids is 1. The third-order valence-electron chi connectivity index (χ3n) is 3.03. The number of fused-ring (bicyclic) bond motifs is 1. The topological polar surface area (TPSA) is 51.2 Å². The molecular formula is C14H13FN2O2S. The van der Waals surface area contributed by atoms with Gasteiger partial charge < -0.3 is 4.74 Å². The monoisotopic (exact) mass is 292 g/mol. The Balaban J connectivity index is 1.53. The van der Waals surface area contributed by atoms with E-state index in [4.69, 9.17) is 4.74 Å². The molecule has 1 aromatic heterocycles. The number of hydrogen-bond donors (Lipinski definition) is 1. The number of thiazole rings is 1. The first-order valence-electron chi connectivity index (χ1n) is 6.37. The van der Waals surface area contributed by atoms with Crippen LogP contribution in [-0.4, -0.2) is 17.5 Å². The van der Waals surface area contributed by atoms with Crippen molar-refractivity contribution in [2.45, 2.75) is 19.3 Å². The fourth-order valence-corrected chi connectivity index (χ4v) is 3.14. The smallest absolute Gasteiger partial charge is 0.264 e. The van der Waals surface area contributed by atoms with Crippen LogP contribution in [0.2, 0.25) is 0 Å². The number of anilines is 1. The number of benzene rings is 1. The van der Waals surface area contributed by atoms with Crippen LogP contribution in [0.5, 0.6) is 5.75 Å². The molecule has 4 nitrogen and oxygen atoms in total. The van der Waals surface area contributed by atoms with Crippen LogP contribution in [0.4, 0.5) is 9.52 Å². The van der Waals surface area contributed by atoms with E-state index in [1.807, 2.05) is 0 Å². The van der Waals surface area contributed by atoms with E-state index in [9.17, 15) is 9.18 Å². The van der Waals surface area contributed by atoms with Gasteiger partial charge in [-0.25, -0.2) is 9.37 Å². The Morgan fingerprint density at radius 3 is 2.90 bits per heavy atom. The van der Waals surface area contributed by atoms with Crippen molar-refractivity contribution in [2.75, 3.05) is 11.9 Å². The van der Waals surface area contributed by atoms with E-state index >= 15 is 0 Å². The van der Waals surface area contributed by atoms with Crippen LogP contribution >= 0.6 is 11.3 Å². The van der Waals surface area contributed by atoms with Gasteiger partial charge in [-0.05, 0) is 43.5 Å². The fraction of sp³-hybridized carbons (Fsp3) is 0.286. The molecule has 0 saturated heterocycles. The molecular weight excluding hydrogens is 279 g/mol. The summed E-state index contributed by atoms with van der Waals surface area (Å²) in [4.78, 5) is 17.4. The highest BCUT2D eigenvalue weighted by atomic mass is 32.1. The molecule has 1 heterocycles.